The number of amides is 3. The summed E-state index contributed by atoms with van der Waals surface area (Å²) in [7, 11) is 1.23. The Hall–Kier alpha value is -3.75. The van der Waals surface area contributed by atoms with Crippen molar-refractivity contribution < 1.29 is 28.6 Å². The molecule has 0 aromatic heterocycles. The van der Waals surface area contributed by atoms with Crippen LogP contribution in [0.1, 0.15) is 20.3 Å². The SMILES string of the molecule is CCCNC(=O)Nc1cccc(-c2cccc(OCC(NC(=O)OCC)C(=O)OC)c2)c1. The van der Waals surface area contributed by atoms with Gasteiger partial charge in [-0.2, -0.15) is 0 Å². The zero-order chi connectivity index (χ0) is 23.3. The summed E-state index contributed by atoms with van der Waals surface area (Å²) in [5, 5.41) is 7.99. The molecule has 0 spiro atoms. The number of urea groups is 1. The third-order valence-corrected chi connectivity index (χ3v) is 4.29. The fourth-order valence-corrected chi connectivity index (χ4v) is 2.76. The van der Waals surface area contributed by atoms with Crippen LogP contribution in [-0.4, -0.2) is 51.0 Å². The molecular weight excluding hydrogens is 414 g/mol. The molecule has 0 saturated carbocycles. The van der Waals surface area contributed by atoms with E-state index in [0.29, 0.717) is 18.0 Å². The molecule has 32 heavy (non-hydrogen) atoms. The topological polar surface area (TPSA) is 115 Å². The predicted octanol–water partition coefficient (Wildman–Crippen LogP) is 3.55. The number of nitrogens with one attached hydrogen (secondary N) is 3. The van der Waals surface area contributed by atoms with Crippen molar-refractivity contribution in [1.82, 2.24) is 10.6 Å². The van der Waals surface area contributed by atoms with Crippen molar-refractivity contribution >= 4 is 23.8 Å². The Balaban J connectivity index is 2.08. The molecule has 3 N–H and O–H groups in total. The summed E-state index contributed by atoms with van der Waals surface area (Å²) in [5.74, 6) is -0.143. The molecule has 0 aliphatic rings. The van der Waals surface area contributed by atoms with Gasteiger partial charge in [0.25, 0.3) is 0 Å². The molecule has 0 saturated heterocycles. The second-order valence-electron chi connectivity index (χ2n) is 6.74. The second kappa shape index (κ2) is 12.8. The Kier molecular flexibility index (Phi) is 9.83. The number of methoxy groups -OCH3 is 1. The number of anilines is 1. The maximum absolute atomic E-state index is 11.9. The standard InChI is InChI=1S/C23H29N3O6/c1-4-12-24-22(28)25-18-10-6-8-16(13-18)17-9-7-11-19(14-17)32-15-20(21(27)30-3)26-23(29)31-5-2/h6-11,13-14,20H,4-5,12,15H2,1-3H3,(H,26,29)(H2,24,25,28). The summed E-state index contributed by atoms with van der Waals surface area (Å²) in [6.45, 7) is 4.29. The van der Waals surface area contributed by atoms with E-state index in [9.17, 15) is 14.4 Å². The van der Waals surface area contributed by atoms with Gasteiger partial charge in [-0.1, -0.05) is 31.2 Å². The maximum Gasteiger partial charge on any atom is 0.407 e. The van der Waals surface area contributed by atoms with Crippen LogP contribution in [0.15, 0.2) is 48.5 Å². The van der Waals surface area contributed by atoms with Crippen LogP contribution in [-0.2, 0) is 14.3 Å². The highest BCUT2D eigenvalue weighted by Crippen LogP contribution is 2.26. The summed E-state index contributed by atoms with van der Waals surface area (Å²) in [4.78, 5) is 35.5. The van der Waals surface area contributed by atoms with Gasteiger partial charge in [-0.3, -0.25) is 0 Å². The van der Waals surface area contributed by atoms with E-state index in [0.717, 1.165) is 17.5 Å². The number of carbonyl (C=O) groups is 3. The Morgan fingerprint density at radius 1 is 1.00 bits per heavy atom. The predicted molar refractivity (Wildman–Crippen MR) is 121 cm³/mol. The van der Waals surface area contributed by atoms with Crippen LogP contribution in [0.3, 0.4) is 0 Å². The van der Waals surface area contributed by atoms with Crippen molar-refractivity contribution in [1.29, 1.82) is 0 Å². The average Bonchev–Trinajstić information content (AvgIpc) is 2.80. The quantitative estimate of drug-likeness (QED) is 0.484. The molecule has 3 amide bonds. The van der Waals surface area contributed by atoms with E-state index in [-0.39, 0.29) is 19.2 Å². The van der Waals surface area contributed by atoms with Crippen molar-refractivity contribution in [2.24, 2.45) is 0 Å². The van der Waals surface area contributed by atoms with Crippen LogP contribution < -0.4 is 20.7 Å². The zero-order valence-electron chi connectivity index (χ0n) is 18.5. The first-order chi connectivity index (χ1) is 15.5. The molecule has 0 aliphatic heterocycles. The van der Waals surface area contributed by atoms with Crippen LogP contribution in [0.25, 0.3) is 11.1 Å². The van der Waals surface area contributed by atoms with Crippen LogP contribution in [0.2, 0.25) is 0 Å². The number of esters is 1. The molecule has 1 unspecified atom stereocenters. The third kappa shape index (κ3) is 7.82. The van der Waals surface area contributed by atoms with Gasteiger partial charge < -0.3 is 30.2 Å². The zero-order valence-corrected chi connectivity index (χ0v) is 18.5. The number of rotatable bonds is 10. The summed E-state index contributed by atoms with van der Waals surface area (Å²) < 4.78 is 15.2. The lowest BCUT2D eigenvalue weighted by molar-refractivity contribution is -0.143. The van der Waals surface area contributed by atoms with E-state index < -0.39 is 18.1 Å². The van der Waals surface area contributed by atoms with Crippen molar-refractivity contribution in [2.45, 2.75) is 26.3 Å². The minimum absolute atomic E-state index is 0.131. The van der Waals surface area contributed by atoms with Gasteiger partial charge in [-0.25, -0.2) is 14.4 Å². The van der Waals surface area contributed by atoms with Gasteiger partial charge >= 0.3 is 18.1 Å². The largest absolute Gasteiger partial charge is 0.491 e. The summed E-state index contributed by atoms with van der Waals surface area (Å²) in [6.07, 6.45) is 0.124. The van der Waals surface area contributed by atoms with E-state index in [2.05, 4.69) is 16.0 Å². The second-order valence-corrected chi connectivity index (χ2v) is 6.74. The Morgan fingerprint density at radius 3 is 2.41 bits per heavy atom. The molecule has 2 aromatic rings. The highest BCUT2D eigenvalue weighted by Gasteiger charge is 2.23. The molecule has 9 heteroatoms. The van der Waals surface area contributed by atoms with E-state index in [1.165, 1.54) is 7.11 Å². The number of hydrogen-bond donors (Lipinski definition) is 3. The van der Waals surface area contributed by atoms with Gasteiger partial charge in [0.15, 0.2) is 6.04 Å². The maximum atomic E-state index is 11.9. The lowest BCUT2D eigenvalue weighted by Gasteiger charge is -2.17. The molecule has 172 valence electrons. The normalized spacial score (nSPS) is 11.1. The molecule has 0 bridgehead atoms. The smallest absolute Gasteiger partial charge is 0.407 e. The number of alkyl carbamates (subject to hydrolysis) is 1. The average molecular weight is 444 g/mol. The summed E-state index contributed by atoms with van der Waals surface area (Å²) in [6, 6.07) is 13.4. The van der Waals surface area contributed by atoms with E-state index >= 15 is 0 Å². The Labute approximate surface area is 187 Å². The van der Waals surface area contributed by atoms with Gasteiger partial charge in [0.2, 0.25) is 0 Å². The first kappa shape index (κ1) is 24.5. The molecule has 0 radical (unpaired) electrons. The molecule has 9 nitrogen and oxygen atoms in total. The highest BCUT2D eigenvalue weighted by molar-refractivity contribution is 5.90. The van der Waals surface area contributed by atoms with Gasteiger partial charge in [0.05, 0.1) is 13.7 Å². The lowest BCUT2D eigenvalue weighted by atomic mass is 10.0. The molecule has 0 fully saturated rings. The van der Waals surface area contributed by atoms with Crippen LogP contribution >= 0.6 is 0 Å². The molecular formula is C23H29N3O6. The van der Waals surface area contributed by atoms with Crippen molar-refractivity contribution in [3.63, 3.8) is 0 Å². The van der Waals surface area contributed by atoms with Crippen LogP contribution in [0, 0.1) is 0 Å². The third-order valence-electron chi connectivity index (χ3n) is 4.29. The summed E-state index contributed by atoms with van der Waals surface area (Å²) >= 11 is 0. The number of benzene rings is 2. The monoisotopic (exact) mass is 443 g/mol. The van der Waals surface area contributed by atoms with Crippen molar-refractivity contribution in [3.8, 4) is 16.9 Å². The van der Waals surface area contributed by atoms with Gasteiger partial charge in [0, 0.05) is 12.2 Å². The number of ether oxygens (including phenoxy) is 3. The Bertz CT molecular complexity index is 918. The lowest BCUT2D eigenvalue weighted by Crippen LogP contribution is -2.45. The van der Waals surface area contributed by atoms with E-state index in [4.69, 9.17) is 14.2 Å². The van der Waals surface area contributed by atoms with Crippen LogP contribution in [0.5, 0.6) is 5.75 Å². The first-order valence-electron chi connectivity index (χ1n) is 10.4. The van der Waals surface area contributed by atoms with E-state index in [1.807, 2.05) is 37.3 Å². The molecule has 1 atom stereocenters. The minimum Gasteiger partial charge on any atom is -0.491 e. The fraction of sp³-hybridized carbons (Fsp3) is 0.348. The number of carbonyl (C=O) groups excluding carboxylic acids is 3. The van der Waals surface area contributed by atoms with E-state index in [1.54, 1.807) is 25.1 Å². The fourth-order valence-electron chi connectivity index (χ4n) is 2.76. The molecule has 2 aromatic carbocycles. The van der Waals surface area contributed by atoms with Crippen molar-refractivity contribution in [2.75, 3.05) is 32.2 Å². The molecule has 0 aliphatic carbocycles. The number of hydrogen-bond acceptors (Lipinski definition) is 6. The van der Waals surface area contributed by atoms with Gasteiger partial charge in [-0.05, 0) is 48.7 Å². The Morgan fingerprint density at radius 2 is 1.72 bits per heavy atom. The molecule has 2 rings (SSSR count). The van der Waals surface area contributed by atoms with Crippen LogP contribution in [0.4, 0.5) is 15.3 Å². The van der Waals surface area contributed by atoms with Gasteiger partial charge in [0.1, 0.15) is 12.4 Å². The molecule has 0 heterocycles. The first-order valence-corrected chi connectivity index (χ1v) is 10.4. The highest BCUT2D eigenvalue weighted by atomic mass is 16.6. The van der Waals surface area contributed by atoms with Crippen molar-refractivity contribution in [3.05, 3.63) is 48.5 Å². The minimum atomic E-state index is -1.02. The van der Waals surface area contributed by atoms with Gasteiger partial charge in [-0.15, -0.1) is 0 Å². The summed E-state index contributed by atoms with van der Waals surface area (Å²) in [5.41, 5.74) is 2.39.